The van der Waals surface area contributed by atoms with Crippen LogP contribution >= 0.6 is 0 Å². The van der Waals surface area contributed by atoms with Gasteiger partial charge in [-0.25, -0.2) is 0 Å². The molecule has 0 bridgehead atoms. The lowest BCUT2D eigenvalue weighted by atomic mass is 10.1. The fraction of sp³-hybridized carbons (Fsp3) is 0.143. The van der Waals surface area contributed by atoms with Gasteiger partial charge in [-0.1, -0.05) is 24.3 Å². The van der Waals surface area contributed by atoms with Gasteiger partial charge < -0.3 is 20.6 Å². The van der Waals surface area contributed by atoms with Crippen LogP contribution in [0.25, 0.3) is 0 Å². The third-order valence-corrected chi connectivity index (χ3v) is 2.66. The predicted molar refractivity (Wildman–Crippen MR) is 69.7 cm³/mol. The van der Waals surface area contributed by atoms with E-state index >= 15 is 0 Å². The molecule has 0 aliphatic carbocycles. The first kappa shape index (κ1) is 12.3. The van der Waals surface area contributed by atoms with Crippen molar-refractivity contribution in [1.82, 2.24) is 0 Å². The molecule has 0 heterocycles. The van der Waals surface area contributed by atoms with Crippen molar-refractivity contribution in [1.29, 1.82) is 0 Å². The van der Waals surface area contributed by atoms with Crippen LogP contribution in [0.3, 0.4) is 0 Å². The number of phenolic OH excluding ortho intramolecular Hbond substituents is 2. The van der Waals surface area contributed by atoms with Crippen molar-refractivity contribution in [3.05, 3.63) is 54.1 Å². The van der Waals surface area contributed by atoms with Gasteiger partial charge in [0.1, 0.15) is 0 Å². The van der Waals surface area contributed by atoms with E-state index in [1.165, 1.54) is 12.1 Å². The van der Waals surface area contributed by atoms with Crippen LogP contribution in [0.4, 0.5) is 5.69 Å². The molecule has 0 fully saturated rings. The van der Waals surface area contributed by atoms with Gasteiger partial charge in [0, 0.05) is 12.2 Å². The molecule has 4 heteroatoms. The van der Waals surface area contributed by atoms with E-state index in [0.29, 0.717) is 12.1 Å². The van der Waals surface area contributed by atoms with Crippen molar-refractivity contribution in [2.75, 3.05) is 11.9 Å². The molecule has 0 amide bonds. The molecule has 0 saturated carbocycles. The first-order valence-electron chi connectivity index (χ1n) is 5.65. The van der Waals surface area contributed by atoms with E-state index in [1.54, 1.807) is 6.07 Å². The highest BCUT2D eigenvalue weighted by atomic mass is 16.3. The van der Waals surface area contributed by atoms with Gasteiger partial charge in [0.25, 0.3) is 0 Å². The zero-order chi connectivity index (χ0) is 13.0. The maximum Gasteiger partial charge on any atom is 0.157 e. The second-order valence-corrected chi connectivity index (χ2v) is 4.01. The molecule has 0 aliphatic rings. The van der Waals surface area contributed by atoms with Gasteiger partial charge in [0.15, 0.2) is 11.5 Å². The highest BCUT2D eigenvalue weighted by Crippen LogP contribution is 2.27. The lowest BCUT2D eigenvalue weighted by Gasteiger charge is -2.13. The summed E-state index contributed by atoms with van der Waals surface area (Å²) in [5, 5.41) is 31.6. The SMILES string of the molecule is Oc1ccc(C(O)CNc2ccccc2)cc1O. The number of hydrogen-bond acceptors (Lipinski definition) is 4. The van der Waals surface area contributed by atoms with Gasteiger partial charge in [-0.05, 0) is 29.8 Å². The topological polar surface area (TPSA) is 72.7 Å². The molecule has 94 valence electrons. The van der Waals surface area contributed by atoms with E-state index in [1.807, 2.05) is 30.3 Å². The Hall–Kier alpha value is -2.20. The second-order valence-electron chi connectivity index (χ2n) is 4.01. The van der Waals surface area contributed by atoms with E-state index in [-0.39, 0.29) is 11.5 Å². The van der Waals surface area contributed by atoms with Crippen molar-refractivity contribution in [3.8, 4) is 11.5 Å². The summed E-state index contributed by atoms with van der Waals surface area (Å²) in [7, 11) is 0. The van der Waals surface area contributed by atoms with E-state index in [4.69, 9.17) is 0 Å². The van der Waals surface area contributed by atoms with Crippen molar-refractivity contribution in [3.63, 3.8) is 0 Å². The van der Waals surface area contributed by atoms with E-state index in [2.05, 4.69) is 5.32 Å². The summed E-state index contributed by atoms with van der Waals surface area (Å²) in [6.07, 6.45) is -0.753. The fourth-order valence-corrected chi connectivity index (χ4v) is 1.64. The van der Waals surface area contributed by atoms with Crippen LogP contribution < -0.4 is 5.32 Å². The lowest BCUT2D eigenvalue weighted by molar-refractivity contribution is 0.191. The standard InChI is InChI=1S/C14H15NO3/c16-12-7-6-10(8-13(12)17)14(18)9-15-11-4-2-1-3-5-11/h1-8,14-18H,9H2. The quantitative estimate of drug-likeness (QED) is 0.623. The molecule has 1 atom stereocenters. The zero-order valence-corrected chi connectivity index (χ0v) is 9.74. The van der Waals surface area contributed by atoms with Crippen LogP contribution in [0, 0.1) is 0 Å². The first-order valence-corrected chi connectivity index (χ1v) is 5.65. The largest absolute Gasteiger partial charge is 0.504 e. The molecule has 2 rings (SSSR count). The predicted octanol–water partition coefficient (Wildman–Crippen LogP) is 2.24. The molecule has 0 spiro atoms. The van der Waals surface area contributed by atoms with Crippen LogP contribution in [-0.2, 0) is 0 Å². The van der Waals surface area contributed by atoms with Crippen LogP contribution in [-0.4, -0.2) is 21.9 Å². The van der Waals surface area contributed by atoms with Gasteiger partial charge in [0.05, 0.1) is 6.10 Å². The number of benzene rings is 2. The molecular formula is C14H15NO3. The third kappa shape index (κ3) is 2.93. The normalized spacial score (nSPS) is 12.1. The third-order valence-electron chi connectivity index (χ3n) is 2.66. The van der Waals surface area contributed by atoms with Crippen LogP contribution in [0.2, 0.25) is 0 Å². The van der Waals surface area contributed by atoms with Crippen molar-refractivity contribution >= 4 is 5.69 Å². The Kier molecular flexibility index (Phi) is 3.69. The van der Waals surface area contributed by atoms with E-state index in [0.717, 1.165) is 5.69 Å². The summed E-state index contributed by atoms with van der Waals surface area (Å²) >= 11 is 0. The first-order chi connectivity index (χ1) is 8.66. The summed E-state index contributed by atoms with van der Waals surface area (Å²) in [4.78, 5) is 0. The van der Waals surface area contributed by atoms with Gasteiger partial charge in [-0.2, -0.15) is 0 Å². The Bertz CT molecular complexity index is 514. The Labute approximate surface area is 105 Å². The summed E-state index contributed by atoms with van der Waals surface area (Å²) in [6, 6.07) is 13.8. The molecule has 2 aromatic rings. The van der Waals surface area contributed by atoms with Crippen LogP contribution in [0.1, 0.15) is 11.7 Å². The van der Waals surface area contributed by atoms with Crippen LogP contribution in [0.15, 0.2) is 48.5 Å². The fourth-order valence-electron chi connectivity index (χ4n) is 1.64. The Morgan fingerprint density at radius 1 is 0.944 bits per heavy atom. The van der Waals surface area contributed by atoms with Gasteiger partial charge in [0.2, 0.25) is 0 Å². The number of nitrogens with one attached hydrogen (secondary N) is 1. The minimum absolute atomic E-state index is 0.193. The number of hydrogen-bond donors (Lipinski definition) is 4. The maximum absolute atomic E-state index is 9.94. The summed E-state index contributed by atoms with van der Waals surface area (Å²) in [5.74, 6) is -0.423. The number of anilines is 1. The number of aliphatic hydroxyl groups excluding tert-OH is 1. The van der Waals surface area contributed by atoms with Gasteiger partial charge in [-0.3, -0.25) is 0 Å². The van der Waals surface area contributed by atoms with E-state index < -0.39 is 6.10 Å². The second kappa shape index (κ2) is 5.42. The van der Waals surface area contributed by atoms with Crippen molar-refractivity contribution in [2.24, 2.45) is 0 Å². The minimum atomic E-state index is -0.753. The Morgan fingerprint density at radius 2 is 1.67 bits per heavy atom. The maximum atomic E-state index is 9.94. The number of phenols is 2. The molecule has 2 aromatic carbocycles. The van der Waals surface area contributed by atoms with Crippen LogP contribution in [0.5, 0.6) is 11.5 Å². The number of rotatable bonds is 4. The molecule has 0 radical (unpaired) electrons. The summed E-state index contributed by atoms with van der Waals surface area (Å²) < 4.78 is 0. The molecule has 0 saturated heterocycles. The van der Waals surface area contributed by atoms with E-state index in [9.17, 15) is 15.3 Å². The molecule has 1 unspecified atom stereocenters. The molecule has 18 heavy (non-hydrogen) atoms. The zero-order valence-electron chi connectivity index (χ0n) is 9.74. The van der Waals surface area contributed by atoms with Gasteiger partial charge in [-0.15, -0.1) is 0 Å². The molecule has 0 aliphatic heterocycles. The molecule has 0 aromatic heterocycles. The highest BCUT2D eigenvalue weighted by molar-refractivity contribution is 5.44. The number of aliphatic hydroxyl groups is 1. The number of para-hydroxylation sites is 1. The highest BCUT2D eigenvalue weighted by Gasteiger charge is 2.09. The molecular weight excluding hydrogens is 230 g/mol. The molecule has 4 nitrogen and oxygen atoms in total. The monoisotopic (exact) mass is 245 g/mol. The Balaban J connectivity index is 1.99. The van der Waals surface area contributed by atoms with Crippen molar-refractivity contribution < 1.29 is 15.3 Å². The lowest BCUT2D eigenvalue weighted by Crippen LogP contribution is -2.11. The van der Waals surface area contributed by atoms with Gasteiger partial charge >= 0.3 is 0 Å². The molecule has 4 N–H and O–H groups in total. The minimum Gasteiger partial charge on any atom is -0.504 e. The van der Waals surface area contributed by atoms with Crippen molar-refractivity contribution in [2.45, 2.75) is 6.10 Å². The average Bonchev–Trinajstić information content (AvgIpc) is 2.40. The summed E-state index contributed by atoms with van der Waals surface area (Å²) in [6.45, 7) is 0.328. The summed E-state index contributed by atoms with van der Waals surface area (Å²) in [5.41, 5.74) is 1.47. The average molecular weight is 245 g/mol. The Morgan fingerprint density at radius 3 is 2.33 bits per heavy atom. The number of aromatic hydroxyl groups is 2. The smallest absolute Gasteiger partial charge is 0.157 e.